The molecule has 2 aliphatic rings. The molecule has 2 rings (SSSR count). The first-order valence-electron chi connectivity index (χ1n) is 7.34. The molecule has 0 aromatic carbocycles. The first-order valence-corrected chi connectivity index (χ1v) is 7.34. The van der Waals surface area contributed by atoms with Gasteiger partial charge in [-0.05, 0) is 12.3 Å². The van der Waals surface area contributed by atoms with E-state index in [1.165, 1.54) is 0 Å². The van der Waals surface area contributed by atoms with Crippen LogP contribution < -0.4 is 5.32 Å². The number of piperidine rings is 1. The molecule has 2 N–H and O–H groups in total. The second-order valence-electron chi connectivity index (χ2n) is 6.13. The van der Waals surface area contributed by atoms with Gasteiger partial charge in [-0.15, -0.1) is 0 Å². The van der Waals surface area contributed by atoms with Crippen LogP contribution in [0.4, 0.5) is 4.79 Å². The molecule has 21 heavy (non-hydrogen) atoms. The van der Waals surface area contributed by atoms with Crippen LogP contribution in [0.15, 0.2) is 0 Å². The summed E-state index contributed by atoms with van der Waals surface area (Å²) in [5.74, 6) is -1.13. The standard InChI is InChI=1S/C14H24N2O5/c1-10-5-11(12(17)18)7-16(6-10)13(19)15-8-14(20-2)3-4-21-9-14/h10-11H,3-9H2,1-2H3,(H,15,19)(H,17,18). The zero-order valence-electron chi connectivity index (χ0n) is 12.6. The third-order valence-electron chi connectivity index (χ3n) is 4.36. The third-order valence-corrected chi connectivity index (χ3v) is 4.36. The Bertz CT molecular complexity index is 395. The second kappa shape index (κ2) is 6.62. The highest BCUT2D eigenvalue weighted by atomic mass is 16.5. The molecule has 120 valence electrons. The summed E-state index contributed by atoms with van der Waals surface area (Å²) >= 11 is 0. The Kier molecular flexibility index (Phi) is 5.05. The number of likely N-dealkylation sites (tertiary alicyclic amines) is 1. The van der Waals surface area contributed by atoms with Gasteiger partial charge in [0.15, 0.2) is 0 Å². The van der Waals surface area contributed by atoms with E-state index in [-0.39, 0.29) is 18.5 Å². The predicted octanol–water partition coefficient (Wildman–Crippen LogP) is 0.544. The number of carbonyl (C=O) groups is 2. The number of carboxylic acids is 1. The summed E-state index contributed by atoms with van der Waals surface area (Å²) < 4.78 is 10.8. The summed E-state index contributed by atoms with van der Waals surface area (Å²) in [4.78, 5) is 25.0. The van der Waals surface area contributed by atoms with Crippen molar-refractivity contribution in [3.63, 3.8) is 0 Å². The van der Waals surface area contributed by atoms with E-state index in [4.69, 9.17) is 14.6 Å². The third kappa shape index (κ3) is 3.85. The Morgan fingerprint density at radius 1 is 1.48 bits per heavy atom. The molecular formula is C14H24N2O5. The average Bonchev–Trinajstić information content (AvgIpc) is 2.93. The second-order valence-corrected chi connectivity index (χ2v) is 6.13. The van der Waals surface area contributed by atoms with Crippen molar-refractivity contribution in [1.29, 1.82) is 0 Å². The van der Waals surface area contributed by atoms with E-state index in [2.05, 4.69) is 5.32 Å². The Balaban J connectivity index is 1.88. The van der Waals surface area contributed by atoms with E-state index in [0.29, 0.717) is 32.7 Å². The molecule has 2 fully saturated rings. The quantitative estimate of drug-likeness (QED) is 0.791. The van der Waals surface area contributed by atoms with Gasteiger partial charge in [0.2, 0.25) is 0 Å². The number of aliphatic carboxylic acids is 1. The number of carbonyl (C=O) groups excluding carboxylic acids is 1. The smallest absolute Gasteiger partial charge is 0.317 e. The molecule has 0 saturated carbocycles. The lowest BCUT2D eigenvalue weighted by molar-refractivity contribution is -0.143. The van der Waals surface area contributed by atoms with Crippen LogP contribution >= 0.6 is 0 Å². The summed E-state index contributed by atoms with van der Waals surface area (Å²) in [7, 11) is 1.62. The summed E-state index contributed by atoms with van der Waals surface area (Å²) in [6.07, 6.45) is 1.37. The summed E-state index contributed by atoms with van der Waals surface area (Å²) in [5, 5.41) is 12.0. The summed E-state index contributed by atoms with van der Waals surface area (Å²) in [5.41, 5.74) is -0.455. The average molecular weight is 300 g/mol. The number of urea groups is 1. The largest absolute Gasteiger partial charge is 0.481 e. The molecule has 0 aromatic rings. The summed E-state index contributed by atoms with van der Waals surface area (Å²) in [6, 6.07) is -0.226. The molecule has 2 heterocycles. The number of hydrogen-bond acceptors (Lipinski definition) is 4. The molecular weight excluding hydrogens is 276 g/mol. The number of carboxylic acid groups (broad SMARTS) is 1. The number of nitrogens with zero attached hydrogens (tertiary/aromatic N) is 1. The van der Waals surface area contributed by atoms with Crippen molar-refractivity contribution in [2.45, 2.75) is 25.4 Å². The lowest BCUT2D eigenvalue weighted by Gasteiger charge is -2.35. The van der Waals surface area contributed by atoms with Crippen LogP contribution in [0.3, 0.4) is 0 Å². The lowest BCUT2D eigenvalue weighted by atomic mass is 9.91. The SMILES string of the molecule is COC1(CNC(=O)N2CC(C)CC(C(=O)O)C2)CCOC1. The van der Waals surface area contributed by atoms with Crippen molar-refractivity contribution < 1.29 is 24.2 Å². The molecule has 0 aromatic heterocycles. The van der Waals surface area contributed by atoms with Crippen LogP contribution in [-0.4, -0.2) is 67.6 Å². The normalized spacial score (nSPS) is 33.0. The van der Waals surface area contributed by atoms with Crippen LogP contribution in [0.5, 0.6) is 0 Å². The Morgan fingerprint density at radius 2 is 2.24 bits per heavy atom. The highest BCUT2D eigenvalue weighted by Crippen LogP contribution is 2.23. The topological polar surface area (TPSA) is 88.1 Å². The number of nitrogens with one attached hydrogen (secondary N) is 1. The van der Waals surface area contributed by atoms with Gasteiger partial charge in [-0.2, -0.15) is 0 Å². The Hall–Kier alpha value is -1.34. The Labute approximate surface area is 124 Å². The fourth-order valence-corrected chi connectivity index (χ4v) is 3.01. The number of amides is 2. The van der Waals surface area contributed by atoms with Gasteiger partial charge in [0, 0.05) is 33.2 Å². The highest BCUT2D eigenvalue weighted by molar-refractivity contribution is 5.76. The molecule has 3 atom stereocenters. The van der Waals surface area contributed by atoms with Gasteiger partial charge >= 0.3 is 12.0 Å². The molecule has 3 unspecified atom stereocenters. The van der Waals surface area contributed by atoms with Gasteiger partial charge in [-0.1, -0.05) is 6.92 Å². The van der Waals surface area contributed by atoms with E-state index in [9.17, 15) is 9.59 Å². The number of hydrogen-bond donors (Lipinski definition) is 2. The van der Waals surface area contributed by atoms with Crippen molar-refractivity contribution in [2.24, 2.45) is 11.8 Å². The molecule has 7 heteroatoms. The zero-order valence-corrected chi connectivity index (χ0v) is 12.6. The van der Waals surface area contributed by atoms with Gasteiger partial charge in [-0.3, -0.25) is 4.79 Å². The minimum Gasteiger partial charge on any atom is -0.481 e. The van der Waals surface area contributed by atoms with E-state index < -0.39 is 17.5 Å². The summed E-state index contributed by atoms with van der Waals surface area (Å²) in [6.45, 7) is 4.30. The molecule has 0 radical (unpaired) electrons. The van der Waals surface area contributed by atoms with Gasteiger partial charge in [0.1, 0.15) is 5.60 Å². The maximum Gasteiger partial charge on any atom is 0.317 e. The van der Waals surface area contributed by atoms with Crippen molar-refractivity contribution in [1.82, 2.24) is 10.2 Å². The number of rotatable bonds is 4. The van der Waals surface area contributed by atoms with Crippen LogP contribution in [0, 0.1) is 11.8 Å². The van der Waals surface area contributed by atoms with Gasteiger partial charge < -0.3 is 24.8 Å². The minimum absolute atomic E-state index is 0.191. The maximum atomic E-state index is 12.3. The highest BCUT2D eigenvalue weighted by Gasteiger charge is 2.37. The van der Waals surface area contributed by atoms with Crippen LogP contribution in [0.2, 0.25) is 0 Å². The fraction of sp³-hybridized carbons (Fsp3) is 0.857. The molecule has 7 nitrogen and oxygen atoms in total. The van der Waals surface area contributed by atoms with Crippen molar-refractivity contribution in [3.05, 3.63) is 0 Å². The van der Waals surface area contributed by atoms with Crippen molar-refractivity contribution in [3.8, 4) is 0 Å². The molecule has 0 bridgehead atoms. The van der Waals surface area contributed by atoms with E-state index in [1.807, 2.05) is 6.92 Å². The minimum atomic E-state index is -0.836. The maximum absolute atomic E-state index is 12.3. The lowest BCUT2D eigenvalue weighted by Crippen LogP contribution is -2.53. The molecule has 2 aliphatic heterocycles. The monoisotopic (exact) mass is 300 g/mol. The zero-order chi connectivity index (χ0) is 15.5. The fourth-order valence-electron chi connectivity index (χ4n) is 3.01. The molecule has 2 amide bonds. The van der Waals surface area contributed by atoms with Crippen LogP contribution in [-0.2, 0) is 14.3 Å². The molecule has 0 spiro atoms. The molecule has 0 aliphatic carbocycles. The molecule has 2 saturated heterocycles. The van der Waals surface area contributed by atoms with Crippen LogP contribution in [0.1, 0.15) is 19.8 Å². The van der Waals surface area contributed by atoms with Gasteiger partial charge in [-0.25, -0.2) is 4.79 Å². The van der Waals surface area contributed by atoms with E-state index in [1.54, 1.807) is 12.0 Å². The first-order chi connectivity index (χ1) is 9.96. The number of ether oxygens (including phenoxy) is 2. The van der Waals surface area contributed by atoms with Gasteiger partial charge in [0.25, 0.3) is 0 Å². The number of methoxy groups -OCH3 is 1. The van der Waals surface area contributed by atoms with Gasteiger partial charge in [0.05, 0.1) is 19.1 Å². The van der Waals surface area contributed by atoms with Crippen LogP contribution in [0.25, 0.3) is 0 Å². The predicted molar refractivity (Wildman–Crippen MR) is 75.1 cm³/mol. The van der Waals surface area contributed by atoms with Crippen molar-refractivity contribution in [2.75, 3.05) is 40.0 Å². The van der Waals surface area contributed by atoms with Crippen molar-refractivity contribution >= 4 is 12.0 Å². The first kappa shape index (κ1) is 16.0. The van der Waals surface area contributed by atoms with E-state index in [0.717, 1.165) is 6.42 Å². The van der Waals surface area contributed by atoms with E-state index >= 15 is 0 Å². The Morgan fingerprint density at radius 3 is 2.81 bits per heavy atom.